The Labute approximate surface area is 187 Å². The Morgan fingerprint density at radius 2 is 1.72 bits per heavy atom. The van der Waals surface area contributed by atoms with Gasteiger partial charge in [-0.15, -0.1) is 0 Å². The fourth-order valence-electron chi connectivity index (χ4n) is 3.71. The second-order valence-electron chi connectivity index (χ2n) is 7.64. The van der Waals surface area contributed by atoms with Gasteiger partial charge in [-0.25, -0.2) is 0 Å². The van der Waals surface area contributed by atoms with Crippen LogP contribution >= 0.6 is 0 Å². The molecule has 1 N–H and O–H groups in total. The number of carbonyl (C=O) groups is 2. The van der Waals surface area contributed by atoms with Crippen molar-refractivity contribution in [3.63, 3.8) is 0 Å². The van der Waals surface area contributed by atoms with E-state index >= 15 is 0 Å². The molecule has 1 heterocycles. The number of aliphatic hydroxyl groups excluding tert-OH is 1. The normalized spacial score (nSPS) is 17.7. The van der Waals surface area contributed by atoms with Gasteiger partial charge >= 0.3 is 0 Å². The van der Waals surface area contributed by atoms with Crippen molar-refractivity contribution in [2.24, 2.45) is 0 Å². The van der Waals surface area contributed by atoms with Gasteiger partial charge in [-0.3, -0.25) is 9.59 Å². The van der Waals surface area contributed by atoms with Crippen LogP contribution < -0.4 is 14.2 Å². The number of likely N-dealkylation sites (tertiary alicyclic amines) is 1. The molecule has 8 nitrogen and oxygen atoms in total. The van der Waals surface area contributed by atoms with E-state index < -0.39 is 17.7 Å². The van der Waals surface area contributed by atoms with E-state index in [0.29, 0.717) is 41.5 Å². The quantitative estimate of drug-likeness (QED) is 0.384. The van der Waals surface area contributed by atoms with Crippen LogP contribution in [0, 0.1) is 0 Å². The molecule has 0 radical (unpaired) electrons. The maximum absolute atomic E-state index is 13.1. The van der Waals surface area contributed by atoms with E-state index in [1.807, 2.05) is 19.0 Å². The van der Waals surface area contributed by atoms with E-state index in [2.05, 4.69) is 0 Å². The van der Waals surface area contributed by atoms with Gasteiger partial charge in [0.15, 0.2) is 11.5 Å². The third-order valence-electron chi connectivity index (χ3n) is 5.39. The highest BCUT2D eigenvalue weighted by Crippen LogP contribution is 2.42. The molecule has 1 fully saturated rings. The minimum absolute atomic E-state index is 0.0224. The van der Waals surface area contributed by atoms with Crippen molar-refractivity contribution in [1.82, 2.24) is 9.80 Å². The molecule has 1 atom stereocenters. The van der Waals surface area contributed by atoms with E-state index in [-0.39, 0.29) is 11.3 Å². The Hall–Kier alpha value is -3.52. The number of nitrogens with zero attached hydrogens (tertiary/aromatic N) is 2. The zero-order valence-corrected chi connectivity index (χ0v) is 18.9. The van der Waals surface area contributed by atoms with Gasteiger partial charge in [-0.2, -0.15) is 0 Å². The summed E-state index contributed by atoms with van der Waals surface area (Å²) in [5.74, 6) is -0.133. The van der Waals surface area contributed by atoms with E-state index in [0.717, 1.165) is 0 Å². The summed E-state index contributed by atoms with van der Waals surface area (Å²) in [5.41, 5.74) is 1.04. The van der Waals surface area contributed by atoms with Gasteiger partial charge in [-0.1, -0.05) is 18.2 Å². The van der Waals surface area contributed by atoms with Gasteiger partial charge in [0, 0.05) is 18.7 Å². The minimum atomic E-state index is -0.777. The van der Waals surface area contributed by atoms with Crippen LogP contribution in [0.1, 0.15) is 17.2 Å². The summed E-state index contributed by atoms with van der Waals surface area (Å²) in [6.07, 6.45) is 0. The molecule has 1 saturated heterocycles. The second kappa shape index (κ2) is 9.74. The summed E-state index contributed by atoms with van der Waals surface area (Å²) in [6, 6.07) is 11.1. The van der Waals surface area contributed by atoms with Crippen LogP contribution in [-0.2, 0) is 9.59 Å². The highest BCUT2D eigenvalue weighted by Gasteiger charge is 2.46. The molecule has 0 aliphatic carbocycles. The fourth-order valence-corrected chi connectivity index (χ4v) is 3.71. The highest BCUT2D eigenvalue weighted by atomic mass is 16.5. The van der Waals surface area contributed by atoms with Crippen molar-refractivity contribution < 1.29 is 28.9 Å². The number of benzene rings is 2. The molecule has 0 unspecified atom stereocenters. The minimum Gasteiger partial charge on any atom is -0.507 e. The third-order valence-corrected chi connectivity index (χ3v) is 5.39. The average molecular weight is 440 g/mol. The SMILES string of the molecule is COc1cccc(C(O)=C2C(=O)C(=O)N(CCN(C)C)[C@@H]2c2ccc(OC)c(OC)c2)c1. The second-order valence-corrected chi connectivity index (χ2v) is 7.64. The highest BCUT2D eigenvalue weighted by molar-refractivity contribution is 6.46. The number of Topliss-reactive ketones (excluding diaryl/α,β-unsaturated/α-hetero) is 1. The number of hydrogen-bond donors (Lipinski definition) is 1. The summed E-state index contributed by atoms with van der Waals surface area (Å²) < 4.78 is 16.0. The summed E-state index contributed by atoms with van der Waals surface area (Å²) >= 11 is 0. The number of rotatable bonds is 8. The zero-order valence-electron chi connectivity index (χ0n) is 18.9. The van der Waals surface area contributed by atoms with Gasteiger partial charge < -0.3 is 29.1 Å². The Bertz CT molecular complexity index is 1050. The van der Waals surface area contributed by atoms with Crippen molar-refractivity contribution in [2.45, 2.75) is 6.04 Å². The monoisotopic (exact) mass is 440 g/mol. The molecule has 8 heteroatoms. The molecule has 0 spiro atoms. The van der Waals surface area contributed by atoms with Crippen LogP contribution in [0.2, 0.25) is 0 Å². The van der Waals surface area contributed by atoms with E-state index in [9.17, 15) is 14.7 Å². The number of hydrogen-bond acceptors (Lipinski definition) is 7. The average Bonchev–Trinajstić information content (AvgIpc) is 3.06. The molecule has 1 aliphatic rings. The molecule has 1 amide bonds. The standard InChI is InChI=1S/C24H28N2O6/c1-25(2)11-12-26-21(15-9-10-18(31-4)19(14-15)32-5)20(23(28)24(26)29)22(27)16-7-6-8-17(13-16)30-3/h6-10,13-14,21,27H,11-12H2,1-5H3/t21-/m1/s1. The number of ketones is 1. The van der Waals surface area contributed by atoms with E-state index in [4.69, 9.17) is 14.2 Å². The maximum Gasteiger partial charge on any atom is 0.295 e. The lowest BCUT2D eigenvalue weighted by molar-refractivity contribution is -0.140. The number of methoxy groups -OCH3 is 3. The topological polar surface area (TPSA) is 88.5 Å². The summed E-state index contributed by atoms with van der Waals surface area (Å²) in [7, 11) is 8.34. The molecule has 2 aromatic carbocycles. The largest absolute Gasteiger partial charge is 0.507 e. The van der Waals surface area contributed by atoms with Crippen molar-refractivity contribution >= 4 is 17.4 Å². The van der Waals surface area contributed by atoms with Crippen LogP contribution in [0.4, 0.5) is 0 Å². The maximum atomic E-state index is 13.1. The van der Waals surface area contributed by atoms with Gasteiger partial charge in [0.1, 0.15) is 11.5 Å². The van der Waals surface area contributed by atoms with E-state index in [1.165, 1.54) is 26.2 Å². The van der Waals surface area contributed by atoms with Crippen LogP contribution in [0.3, 0.4) is 0 Å². The predicted molar refractivity (Wildman–Crippen MR) is 120 cm³/mol. The molecule has 2 aromatic rings. The van der Waals surface area contributed by atoms with Gasteiger partial charge in [0.2, 0.25) is 0 Å². The lowest BCUT2D eigenvalue weighted by atomic mass is 9.95. The lowest BCUT2D eigenvalue weighted by Gasteiger charge is -2.27. The van der Waals surface area contributed by atoms with Crippen LogP contribution in [0.5, 0.6) is 17.2 Å². The smallest absolute Gasteiger partial charge is 0.295 e. The number of ether oxygens (including phenoxy) is 3. The number of likely N-dealkylation sites (N-methyl/N-ethyl adjacent to an activating group) is 1. The Morgan fingerprint density at radius 1 is 1.00 bits per heavy atom. The first-order valence-electron chi connectivity index (χ1n) is 10.1. The first kappa shape index (κ1) is 23.1. The van der Waals surface area contributed by atoms with Gasteiger partial charge in [0.25, 0.3) is 11.7 Å². The molecule has 3 rings (SSSR count). The molecule has 1 aliphatic heterocycles. The third kappa shape index (κ3) is 4.40. The predicted octanol–water partition coefficient (Wildman–Crippen LogP) is 2.70. The van der Waals surface area contributed by atoms with Gasteiger partial charge in [-0.05, 0) is 43.9 Å². The van der Waals surface area contributed by atoms with Crippen molar-refractivity contribution in [3.05, 3.63) is 59.2 Å². The lowest BCUT2D eigenvalue weighted by Crippen LogP contribution is -2.35. The molecule has 170 valence electrons. The van der Waals surface area contributed by atoms with Crippen molar-refractivity contribution in [1.29, 1.82) is 0 Å². The molecular weight excluding hydrogens is 412 g/mol. The summed E-state index contributed by atoms with van der Waals surface area (Å²) in [6.45, 7) is 0.863. The molecule has 0 saturated carbocycles. The van der Waals surface area contributed by atoms with Crippen LogP contribution in [0.25, 0.3) is 5.76 Å². The van der Waals surface area contributed by atoms with Crippen molar-refractivity contribution in [3.8, 4) is 17.2 Å². The zero-order chi connectivity index (χ0) is 23.4. The Morgan fingerprint density at radius 3 is 2.34 bits per heavy atom. The molecule has 0 aromatic heterocycles. The first-order valence-corrected chi connectivity index (χ1v) is 10.1. The van der Waals surface area contributed by atoms with Crippen LogP contribution in [0.15, 0.2) is 48.0 Å². The summed E-state index contributed by atoms with van der Waals surface area (Å²) in [4.78, 5) is 29.5. The Kier molecular flexibility index (Phi) is 7.05. The molecule has 0 bridgehead atoms. The number of aliphatic hydroxyl groups is 1. The number of amides is 1. The fraction of sp³-hybridized carbons (Fsp3) is 0.333. The van der Waals surface area contributed by atoms with Gasteiger partial charge in [0.05, 0.1) is 32.9 Å². The number of carbonyl (C=O) groups excluding carboxylic acids is 2. The summed E-state index contributed by atoms with van der Waals surface area (Å²) in [5, 5.41) is 11.1. The Balaban J connectivity index is 2.19. The van der Waals surface area contributed by atoms with Crippen LogP contribution in [-0.4, -0.2) is 75.1 Å². The molecule has 32 heavy (non-hydrogen) atoms. The van der Waals surface area contributed by atoms with Crippen molar-refractivity contribution in [2.75, 3.05) is 48.5 Å². The van der Waals surface area contributed by atoms with E-state index in [1.54, 1.807) is 42.5 Å². The molecular formula is C24H28N2O6. The first-order chi connectivity index (χ1) is 15.3.